The van der Waals surface area contributed by atoms with Gasteiger partial charge in [-0.15, -0.1) is 0 Å². The maximum atomic E-state index is 12.1. The van der Waals surface area contributed by atoms with Crippen LogP contribution in [0.4, 0.5) is 0 Å². The molecular formula is C16H16N4O5. The van der Waals surface area contributed by atoms with Crippen molar-refractivity contribution in [3.05, 3.63) is 56.2 Å². The molecule has 3 rings (SSSR count). The van der Waals surface area contributed by atoms with Gasteiger partial charge in [0.2, 0.25) is 11.8 Å². The molecule has 9 nitrogen and oxygen atoms in total. The number of hydrazone groups is 1. The van der Waals surface area contributed by atoms with Crippen molar-refractivity contribution in [2.24, 2.45) is 12.1 Å². The number of phenols is 1. The summed E-state index contributed by atoms with van der Waals surface area (Å²) >= 11 is 0. The number of nitrogens with one attached hydrogen (secondary N) is 1. The maximum absolute atomic E-state index is 12.1. The molecule has 0 radical (unpaired) electrons. The summed E-state index contributed by atoms with van der Waals surface area (Å²) in [6.07, 6.45) is 0.180. The third kappa shape index (κ3) is 2.80. The lowest BCUT2D eigenvalue weighted by Crippen LogP contribution is -2.32. The normalized spacial score (nSPS) is 16.8. The van der Waals surface area contributed by atoms with Crippen molar-refractivity contribution in [1.82, 2.24) is 14.6 Å². The van der Waals surface area contributed by atoms with Gasteiger partial charge in [-0.05, 0) is 17.7 Å². The molecule has 0 saturated heterocycles. The highest BCUT2D eigenvalue weighted by atomic mass is 16.3. The van der Waals surface area contributed by atoms with Gasteiger partial charge < -0.3 is 10.2 Å². The van der Waals surface area contributed by atoms with Gasteiger partial charge in [0.15, 0.2) is 0 Å². The minimum Gasteiger partial charge on any atom is -0.508 e. The van der Waals surface area contributed by atoms with E-state index in [9.17, 15) is 24.6 Å². The predicted molar refractivity (Wildman–Crippen MR) is 88.5 cm³/mol. The van der Waals surface area contributed by atoms with Crippen molar-refractivity contribution >= 4 is 11.6 Å². The van der Waals surface area contributed by atoms with Crippen LogP contribution in [-0.4, -0.2) is 36.4 Å². The van der Waals surface area contributed by atoms with E-state index in [1.807, 2.05) is 0 Å². The minimum atomic E-state index is -0.769. The molecule has 1 aromatic heterocycles. The molecule has 9 heteroatoms. The number of H-pyrrole nitrogens is 1. The van der Waals surface area contributed by atoms with E-state index < -0.39 is 23.2 Å². The SMILES string of the molecule is CC(=O)N1N=C(c2c(O)n(C)c(=O)[nH]c2=O)C[C@H]1c1ccc(O)cc1. The molecule has 130 valence electrons. The highest BCUT2D eigenvalue weighted by Gasteiger charge is 2.34. The van der Waals surface area contributed by atoms with Gasteiger partial charge in [0, 0.05) is 20.4 Å². The first kappa shape index (κ1) is 16.5. The van der Waals surface area contributed by atoms with Crippen molar-refractivity contribution in [3.8, 4) is 11.6 Å². The largest absolute Gasteiger partial charge is 0.508 e. The Balaban J connectivity index is 2.08. The number of aromatic nitrogens is 2. The smallest absolute Gasteiger partial charge is 0.330 e. The lowest BCUT2D eigenvalue weighted by atomic mass is 9.99. The molecule has 1 aliphatic rings. The number of rotatable bonds is 2. The van der Waals surface area contributed by atoms with Crippen LogP contribution in [0, 0.1) is 0 Å². The van der Waals surface area contributed by atoms with E-state index in [-0.39, 0.29) is 29.4 Å². The highest BCUT2D eigenvalue weighted by molar-refractivity contribution is 6.04. The fourth-order valence-corrected chi connectivity index (χ4v) is 2.78. The van der Waals surface area contributed by atoms with Crippen LogP contribution in [0.1, 0.15) is 30.5 Å². The van der Waals surface area contributed by atoms with Gasteiger partial charge in [0.05, 0.1) is 11.8 Å². The molecule has 0 fully saturated rings. The summed E-state index contributed by atoms with van der Waals surface area (Å²) < 4.78 is 0.894. The van der Waals surface area contributed by atoms with Crippen molar-refractivity contribution in [1.29, 1.82) is 0 Å². The van der Waals surface area contributed by atoms with E-state index in [1.54, 1.807) is 12.1 Å². The van der Waals surface area contributed by atoms with E-state index in [4.69, 9.17) is 0 Å². The van der Waals surface area contributed by atoms with Gasteiger partial charge in [-0.25, -0.2) is 9.80 Å². The Kier molecular flexibility index (Phi) is 3.91. The maximum Gasteiger partial charge on any atom is 0.330 e. The molecule has 0 spiro atoms. The number of carbonyl (C=O) groups is 1. The summed E-state index contributed by atoms with van der Waals surface area (Å²) in [5.41, 5.74) is -0.748. The monoisotopic (exact) mass is 344 g/mol. The molecular weight excluding hydrogens is 328 g/mol. The number of hydrogen-bond acceptors (Lipinski definition) is 6. The number of phenolic OH excluding ortho intramolecular Hbond substituents is 1. The molecule has 1 atom stereocenters. The van der Waals surface area contributed by atoms with Crippen LogP contribution in [0.3, 0.4) is 0 Å². The number of benzene rings is 1. The second-order valence-corrected chi connectivity index (χ2v) is 5.74. The van der Waals surface area contributed by atoms with Crippen LogP contribution in [0.2, 0.25) is 0 Å². The van der Waals surface area contributed by atoms with Crippen LogP contribution in [0.15, 0.2) is 39.0 Å². The third-order valence-electron chi connectivity index (χ3n) is 4.09. The standard InChI is InChI=1S/C16H16N4O5/c1-8(21)20-12(9-3-5-10(22)6-4-9)7-11(18-20)13-14(23)17-16(25)19(2)15(13)24/h3-6,12,22,24H,7H2,1-2H3,(H,17,23,25)/t12-/m0/s1. The number of amides is 1. The molecule has 1 aliphatic heterocycles. The van der Waals surface area contributed by atoms with Crippen molar-refractivity contribution in [2.75, 3.05) is 0 Å². The zero-order valence-electron chi connectivity index (χ0n) is 13.6. The quantitative estimate of drug-likeness (QED) is 0.716. The van der Waals surface area contributed by atoms with Gasteiger partial charge in [0.1, 0.15) is 11.3 Å². The van der Waals surface area contributed by atoms with Crippen LogP contribution >= 0.6 is 0 Å². The number of nitrogens with zero attached hydrogens (tertiary/aromatic N) is 3. The topological polar surface area (TPSA) is 128 Å². The molecule has 0 saturated carbocycles. The predicted octanol–water partition coefficient (Wildman–Crippen LogP) is 0.182. The van der Waals surface area contributed by atoms with E-state index >= 15 is 0 Å². The summed E-state index contributed by atoms with van der Waals surface area (Å²) in [7, 11) is 1.31. The van der Waals surface area contributed by atoms with E-state index in [0.717, 1.165) is 4.57 Å². The highest BCUT2D eigenvalue weighted by Crippen LogP contribution is 2.33. The van der Waals surface area contributed by atoms with E-state index in [1.165, 1.54) is 31.1 Å². The number of hydrogen-bond donors (Lipinski definition) is 3. The Labute approximate surface area is 141 Å². The Morgan fingerprint density at radius 1 is 1.24 bits per heavy atom. The average Bonchev–Trinajstić information content (AvgIpc) is 2.98. The molecule has 1 amide bonds. The third-order valence-corrected chi connectivity index (χ3v) is 4.09. The van der Waals surface area contributed by atoms with Crippen molar-refractivity contribution < 1.29 is 15.0 Å². The zero-order chi connectivity index (χ0) is 18.3. The zero-order valence-corrected chi connectivity index (χ0v) is 13.6. The van der Waals surface area contributed by atoms with Gasteiger partial charge in [0.25, 0.3) is 5.56 Å². The summed E-state index contributed by atoms with van der Waals surface area (Å²) in [5, 5.41) is 25.0. The van der Waals surface area contributed by atoms with Gasteiger partial charge >= 0.3 is 5.69 Å². The summed E-state index contributed by atoms with van der Waals surface area (Å²) in [6.45, 7) is 1.34. The first-order chi connectivity index (χ1) is 11.8. The Hall–Kier alpha value is -3.36. The Morgan fingerprint density at radius 3 is 2.48 bits per heavy atom. The minimum absolute atomic E-state index is 0.0874. The Morgan fingerprint density at radius 2 is 1.88 bits per heavy atom. The second kappa shape index (κ2) is 5.93. The van der Waals surface area contributed by atoms with Gasteiger partial charge in [-0.2, -0.15) is 5.10 Å². The lowest BCUT2D eigenvalue weighted by molar-refractivity contribution is -0.130. The van der Waals surface area contributed by atoms with Crippen LogP contribution < -0.4 is 11.2 Å². The molecule has 2 heterocycles. The van der Waals surface area contributed by atoms with E-state index in [0.29, 0.717) is 5.56 Å². The number of carbonyl (C=O) groups excluding carboxylic acids is 1. The first-order valence-electron chi connectivity index (χ1n) is 7.48. The fourth-order valence-electron chi connectivity index (χ4n) is 2.78. The molecule has 0 aliphatic carbocycles. The van der Waals surface area contributed by atoms with Crippen LogP contribution in [0.5, 0.6) is 11.6 Å². The number of aromatic amines is 1. The van der Waals surface area contributed by atoms with Gasteiger partial charge in [-0.1, -0.05) is 12.1 Å². The number of aromatic hydroxyl groups is 2. The molecule has 1 aromatic carbocycles. The van der Waals surface area contributed by atoms with Crippen molar-refractivity contribution in [2.45, 2.75) is 19.4 Å². The summed E-state index contributed by atoms with van der Waals surface area (Å²) in [4.78, 5) is 37.7. The summed E-state index contributed by atoms with van der Waals surface area (Å²) in [6, 6.07) is 5.80. The molecule has 0 bridgehead atoms. The average molecular weight is 344 g/mol. The molecule has 0 unspecified atom stereocenters. The molecule has 2 aromatic rings. The van der Waals surface area contributed by atoms with Crippen molar-refractivity contribution in [3.63, 3.8) is 0 Å². The van der Waals surface area contributed by atoms with E-state index in [2.05, 4.69) is 10.1 Å². The Bertz CT molecular complexity index is 987. The molecule has 3 N–H and O–H groups in total. The summed E-state index contributed by atoms with van der Waals surface area (Å²) in [5.74, 6) is -0.763. The van der Waals surface area contributed by atoms with Crippen LogP contribution in [0.25, 0.3) is 0 Å². The van der Waals surface area contributed by atoms with Gasteiger partial charge in [-0.3, -0.25) is 19.1 Å². The lowest BCUT2D eigenvalue weighted by Gasteiger charge is -2.20. The van der Waals surface area contributed by atoms with Crippen LogP contribution in [-0.2, 0) is 11.8 Å². The molecule has 25 heavy (non-hydrogen) atoms. The first-order valence-corrected chi connectivity index (χ1v) is 7.48. The fraction of sp³-hybridized carbons (Fsp3) is 0.250. The second-order valence-electron chi connectivity index (χ2n) is 5.74.